The molecule has 19 heavy (non-hydrogen) atoms. The number of hydrogen-bond acceptors (Lipinski definition) is 3. The Kier molecular flexibility index (Phi) is 4.84. The van der Waals surface area contributed by atoms with E-state index in [9.17, 15) is 8.78 Å². The van der Waals surface area contributed by atoms with Crippen LogP contribution in [0.25, 0.3) is 0 Å². The molecule has 1 aromatic carbocycles. The Morgan fingerprint density at radius 3 is 2.84 bits per heavy atom. The van der Waals surface area contributed by atoms with E-state index in [1.807, 2.05) is 0 Å². The van der Waals surface area contributed by atoms with Crippen molar-refractivity contribution in [1.82, 2.24) is 0 Å². The second-order valence-electron chi connectivity index (χ2n) is 4.90. The second kappa shape index (κ2) is 6.22. The van der Waals surface area contributed by atoms with E-state index in [0.29, 0.717) is 11.1 Å². The van der Waals surface area contributed by atoms with Crippen molar-refractivity contribution >= 4 is 38.5 Å². The monoisotopic (exact) mass is 348 g/mol. The number of nitrogens with zero attached hydrogens (tertiary/aromatic N) is 1. The molecule has 104 valence electrons. The average Bonchev–Trinajstić information content (AvgIpc) is 2.72. The summed E-state index contributed by atoms with van der Waals surface area (Å²) in [5, 5.41) is 3.52. The Morgan fingerprint density at radius 2 is 2.16 bits per heavy atom. The third-order valence-corrected chi connectivity index (χ3v) is 4.35. The number of hydrogen-bond donors (Lipinski definition) is 1. The van der Waals surface area contributed by atoms with Crippen molar-refractivity contribution in [3.8, 4) is 0 Å². The molecule has 0 saturated heterocycles. The highest BCUT2D eigenvalue weighted by Gasteiger charge is 2.20. The minimum atomic E-state index is -0.496. The van der Waals surface area contributed by atoms with E-state index in [1.165, 1.54) is 0 Å². The van der Waals surface area contributed by atoms with Crippen LogP contribution in [0.3, 0.4) is 0 Å². The molecule has 1 N–H and O–H groups in total. The van der Waals surface area contributed by atoms with Gasteiger partial charge in [0, 0.05) is 11.8 Å². The highest BCUT2D eigenvalue weighted by atomic mass is 79.9. The highest BCUT2D eigenvalue weighted by Crippen LogP contribution is 2.27. The predicted molar refractivity (Wildman–Crippen MR) is 80.8 cm³/mol. The molecule has 1 aromatic rings. The molecule has 0 spiro atoms. The molecule has 0 fully saturated rings. The maximum absolute atomic E-state index is 13.7. The quantitative estimate of drug-likeness (QED) is 0.803. The molecule has 0 aliphatic carbocycles. The second-order valence-corrected chi connectivity index (χ2v) is 6.76. The largest absolute Gasteiger partial charge is 0.332 e. The van der Waals surface area contributed by atoms with E-state index < -0.39 is 11.6 Å². The van der Waals surface area contributed by atoms with Crippen molar-refractivity contribution in [2.75, 3.05) is 11.1 Å². The Hall–Kier alpha value is -0.620. The Labute approximate surface area is 124 Å². The van der Waals surface area contributed by atoms with Crippen molar-refractivity contribution < 1.29 is 8.78 Å². The fourth-order valence-electron chi connectivity index (χ4n) is 1.88. The van der Waals surface area contributed by atoms with Gasteiger partial charge in [-0.3, -0.25) is 4.99 Å². The van der Waals surface area contributed by atoms with E-state index in [0.717, 1.165) is 24.3 Å². The van der Waals surface area contributed by atoms with Gasteiger partial charge in [0.1, 0.15) is 11.6 Å². The molecule has 2 nitrogen and oxygen atoms in total. The first-order chi connectivity index (χ1) is 8.95. The first kappa shape index (κ1) is 14.8. The Bertz CT molecular complexity index is 506. The molecule has 1 aliphatic heterocycles. The van der Waals surface area contributed by atoms with Crippen LogP contribution in [0.4, 0.5) is 14.5 Å². The van der Waals surface area contributed by atoms with Gasteiger partial charge in [-0.2, -0.15) is 0 Å². The summed E-state index contributed by atoms with van der Waals surface area (Å²) in [5.41, 5.74) is 0.122. The summed E-state index contributed by atoms with van der Waals surface area (Å²) < 4.78 is 27.2. The lowest BCUT2D eigenvalue weighted by molar-refractivity contribution is 0.529. The van der Waals surface area contributed by atoms with Gasteiger partial charge in [-0.25, -0.2) is 8.78 Å². The van der Waals surface area contributed by atoms with Crippen molar-refractivity contribution in [2.45, 2.75) is 26.3 Å². The number of amidine groups is 1. The predicted octanol–water partition coefficient (Wildman–Crippen LogP) is 4.66. The van der Waals surface area contributed by atoms with Crippen LogP contribution in [0.5, 0.6) is 0 Å². The van der Waals surface area contributed by atoms with Gasteiger partial charge in [0.05, 0.1) is 16.2 Å². The van der Waals surface area contributed by atoms with Crippen LogP contribution in [0.1, 0.15) is 20.3 Å². The summed E-state index contributed by atoms with van der Waals surface area (Å²) in [6.07, 6.45) is 1.01. The molecular weight excluding hydrogens is 334 g/mol. The number of anilines is 1. The Balaban J connectivity index is 2.08. The van der Waals surface area contributed by atoms with Crippen molar-refractivity contribution in [3.05, 3.63) is 28.2 Å². The fourth-order valence-corrected chi connectivity index (χ4v) is 3.16. The first-order valence-corrected chi connectivity index (χ1v) is 7.85. The van der Waals surface area contributed by atoms with Gasteiger partial charge < -0.3 is 5.32 Å². The van der Waals surface area contributed by atoms with E-state index in [-0.39, 0.29) is 16.2 Å². The summed E-state index contributed by atoms with van der Waals surface area (Å²) in [4.78, 5) is 4.48. The number of benzene rings is 1. The zero-order valence-electron chi connectivity index (χ0n) is 10.7. The molecule has 0 aromatic heterocycles. The summed E-state index contributed by atoms with van der Waals surface area (Å²) in [6, 6.07) is 2.51. The third-order valence-electron chi connectivity index (χ3n) is 2.71. The van der Waals surface area contributed by atoms with Crippen molar-refractivity contribution in [1.29, 1.82) is 0 Å². The number of aliphatic imine (C=N–C) groups is 1. The van der Waals surface area contributed by atoms with Gasteiger partial charge in [0.15, 0.2) is 5.17 Å². The molecular formula is C13H15BrF2N2S. The maximum atomic E-state index is 13.7. The lowest BCUT2D eigenvalue weighted by Gasteiger charge is -2.08. The zero-order chi connectivity index (χ0) is 14.0. The standard InChI is InChI=1S/C13H15BrF2N2S/c1-7(2)3-8-6-19-13(17-8)18-12-5-10(15)9(14)4-11(12)16/h4-5,7-8H,3,6H2,1-2H3,(H,17,18). The minimum absolute atomic E-state index is 0.120. The molecule has 0 amide bonds. The van der Waals surface area contributed by atoms with Crippen LogP contribution in [0, 0.1) is 17.6 Å². The number of nitrogens with one attached hydrogen (secondary N) is 1. The number of rotatable bonds is 3. The molecule has 1 unspecified atom stereocenters. The van der Waals surface area contributed by atoms with Gasteiger partial charge in [0.2, 0.25) is 0 Å². The van der Waals surface area contributed by atoms with Crippen LogP contribution in [-0.2, 0) is 0 Å². The van der Waals surface area contributed by atoms with E-state index in [4.69, 9.17) is 0 Å². The van der Waals surface area contributed by atoms with Crippen LogP contribution in [0.15, 0.2) is 21.6 Å². The van der Waals surface area contributed by atoms with Crippen molar-refractivity contribution in [2.24, 2.45) is 10.9 Å². The van der Waals surface area contributed by atoms with Gasteiger partial charge >= 0.3 is 0 Å². The molecule has 1 aliphatic rings. The molecule has 6 heteroatoms. The van der Waals surface area contributed by atoms with Crippen LogP contribution in [0.2, 0.25) is 0 Å². The first-order valence-electron chi connectivity index (χ1n) is 6.08. The van der Waals surface area contributed by atoms with Gasteiger partial charge in [-0.1, -0.05) is 25.6 Å². The highest BCUT2D eigenvalue weighted by molar-refractivity contribution is 9.10. The molecule has 1 heterocycles. The van der Waals surface area contributed by atoms with Gasteiger partial charge in [-0.05, 0) is 34.3 Å². The lowest BCUT2D eigenvalue weighted by atomic mass is 10.1. The number of halogens is 3. The smallest absolute Gasteiger partial charge is 0.161 e. The minimum Gasteiger partial charge on any atom is -0.332 e. The lowest BCUT2D eigenvalue weighted by Crippen LogP contribution is -2.09. The summed E-state index contributed by atoms with van der Waals surface area (Å²) in [7, 11) is 0. The summed E-state index contributed by atoms with van der Waals surface area (Å²) in [6.45, 7) is 4.30. The Morgan fingerprint density at radius 1 is 1.42 bits per heavy atom. The third kappa shape index (κ3) is 3.92. The molecule has 2 rings (SSSR count). The van der Waals surface area contributed by atoms with Crippen LogP contribution in [-0.4, -0.2) is 17.0 Å². The normalized spacial score (nSPS) is 18.8. The van der Waals surface area contributed by atoms with Gasteiger partial charge in [0.25, 0.3) is 0 Å². The maximum Gasteiger partial charge on any atom is 0.161 e. The molecule has 1 atom stereocenters. The van der Waals surface area contributed by atoms with Gasteiger partial charge in [-0.15, -0.1) is 0 Å². The molecule has 0 radical (unpaired) electrons. The van der Waals surface area contributed by atoms with Crippen molar-refractivity contribution in [3.63, 3.8) is 0 Å². The number of thioether (sulfide) groups is 1. The topological polar surface area (TPSA) is 24.4 Å². The fraction of sp³-hybridized carbons (Fsp3) is 0.462. The SMILES string of the molecule is CC(C)CC1CSC(Nc2cc(F)c(Br)cc2F)=N1. The average molecular weight is 349 g/mol. The molecule has 0 saturated carbocycles. The summed E-state index contributed by atoms with van der Waals surface area (Å²) in [5.74, 6) is 0.479. The van der Waals surface area contributed by atoms with E-state index in [2.05, 4.69) is 40.1 Å². The zero-order valence-corrected chi connectivity index (χ0v) is 13.1. The van der Waals surface area contributed by atoms with E-state index >= 15 is 0 Å². The van der Waals surface area contributed by atoms with Crippen LogP contribution < -0.4 is 5.32 Å². The van der Waals surface area contributed by atoms with Crippen LogP contribution >= 0.6 is 27.7 Å². The van der Waals surface area contributed by atoms with E-state index in [1.54, 1.807) is 11.8 Å². The summed E-state index contributed by atoms with van der Waals surface area (Å²) >= 11 is 4.50. The molecule has 0 bridgehead atoms.